The highest BCUT2D eigenvalue weighted by Crippen LogP contribution is 2.38. The molecule has 1 aliphatic rings. The minimum absolute atomic E-state index is 0.125. The van der Waals surface area contributed by atoms with Crippen molar-refractivity contribution < 1.29 is 9.53 Å². The number of amides is 1. The van der Waals surface area contributed by atoms with Crippen LogP contribution in [-0.2, 0) is 17.6 Å². The predicted octanol–water partition coefficient (Wildman–Crippen LogP) is 4.57. The van der Waals surface area contributed by atoms with Crippen molar-refractivity contribution in [1.29, 1.82) is 0 Å². The van der Waals surface area contributed by atoms with Crippen LogP contribution in [0.1, 0.15) is 29.5 Å². The zero-order valence-electron chi connectivity index (χ0n) is 14.1. The highest BCUT2D eigenvalue weighted by Gasteiger charge is 2.26. The Balaban J connectivity index is 1.82. The van der Waals surface area contributed by atoms with Crippen LogP contribution >= 0.6 is 11.6 Å². The summed E-state index contributed by atoms with van der Waals surface area (Å²) in [5.41, 5.74) is 4.41. The van der Waals surface area contributed by atoms with Crippen molar-refractivity contribution in [2.24, 2.45) is 0 Å². The largest absolute Gasteiger partial charge is 0.495 e. The van der Waals surface area contributed by atoms with Crippen LogP contribution in [0.5, 0.6) is 5.75 Å². The molecule has 126 valence electrons. The Kier molecular flexibility index (Phi) is 5.10. The zero-order valence-corrected chi connectivity index (χ0v) is 14.9. The van der Waals surface area contributed by atoms with E-state index >= 15 is 0 Å². The molecule has 0 saturated heterocycles. The van der Waals surface area contributed by atoms with Crippen molar-refractivity contribution in [1.82, 2.24) is 0 Å². The molecular weight excluding hydrogens is 322 g/mol. The number of aryl methyl sites for hydroxylation is 2. The number of rotatable bonds is 4. The van der Waals surface area contributed by atoms with Gasteiger partial charge in [0, 0.05) is 18.0 Å². The SMILES string of the molecule is COc1ccc(C)c2c1N(C(=O)CCc1ccccc1Cl)CCC2. The number of methoxy groups -OCH3 is 1. The number of fused-ring (bicyclic) bond motifs is 1. The minimum atomic E-state index is 0.125. The molecule has 3 rings (SSSR count). The molecule has 0 radical (unpaired) electrons. The summed E-state index contributed by atoms with van der Waals surface area (Å²) < 4.78 is 5.51. The fourth-order valence-corrected chi connectivity index (χ4v) is 3.57. The van der Waals surface area contributed by atoms with Gasteiger partial charge in [-0.2, -0.15) is 0 Å². The van der Waals surface area contributed by atoms with Crippen molar-refractivity contribution in [2.75, 3.05) is 18.6 Å². The molecule has 0 saturated carbocycles. The van der Waals surface area contributed by atoms with Crippen molar-refractivity contribution >= 4 is 23.2 Å². The molecule has 3 nitrogen and oxygen atoms in total. The van der Waals surface area contributed by atoms with E-state index in [-0.39, 0.29) is 5.91 Å². The van der Waals surface area contributed by atoms with Gasteiger partial charge in [0.15, 0.2) is 0 Å². The van der Waals surface area contributed by atoms with Gasteiger partial charge in [-0.1, -0.05) is 35.9 Å². The molecule has 0 fully saturated rings. The van der Waals surface area contributed by atoms with Crippen LogP contribution in [0.15, 0.2) is 36.4 Å². The standard InChI is InChI=1S/C20H22ClNO2/c1-14-9-11-18(24-2)20-16(14)7-5-13-22(20)19(23)12-10-15-6-3-4-8-17(15)21/h3-4,6,8-9,11H,5,7,10,12-13H2,1-2H3. The zero-order chi connectivity index (χ0) is 17.1. The van der Waals surface area contributed by atoms with Crippen molar-refractivity contribution in [2.45, 2.75) is 32.6 Å². The Bertz CT molecular complexity index is 757. The summed E-state index contributed by atoms with van der Waals surface area (Å²) in [5, 5.41) is 0.720. The molecule has 0 aliphatic carbocycles. The lowest BCUT2D eigenvalue weighted by Crippen LogP contribution is -2.36. The van der Waals surface area contributed by atoms with E-state index in [1.807, 2.05) is 35.2 Å². The number of hydrogen-bond acceptors (Lipinski definition) is 2. The fourth-order valence-electron chi connectivity index (χ4n) is 3.34. The lowest BCUT2D eigenvalue weighted by Gasteiger charge is -2.32. The quantitative estimate of drug-likeness (QED) is 0.813. The van der Waals surface area contributed by atoms with E-state index in [1.165, 1.54) is 11.1 Å². The summed E-state index contributed by atoms with van der Waals surface area (Å²) in [5.74, 6) is 0.904. The Morgan fingerprint density at radius 2 is 2.04 bits per heavy atom. The van der Waals surface area contributed by atoms with Crippen molar-refractivity contribution in [3.05, 3.63) is 58.1 Å². The first-order valence-corrected chi connectivity index (χ1v) is 8.70. The monoisotopic (exact) mass is 343 g/mol. The van der Waals surface area contributed by atoms with E-state index < -0.39 is 0 Å². The van der Waals surface area contributed by atoms with E-state index in [4.69, 9.17) is 16.3 Å². The lowest BCUT2D eigenvalue weighted by atomic mass is 9.95. The summed E-state index contributed by atoms with van der Waals surface area (Å²) in [6.07, 6.45) is 3.07. The molecule has 0 bridgehead atoms. The van der Waals surface area contributed by atoms with Crippen molar-refractivity contribution in [3.8, 4) is 5.75 Å². The number of anilines is 1. The number of carbonyl (C=O) groups is 1. The fraction of sp³-hybridized carbons (Fsp3) is 0.350. The van der Waals surface area contributed by atoms with Crippen LogP contribution in [0.3, 0.4) is 0 Å². The Labute approximate surface area is 148 Å². The first kappa shape index (κ1) is 16.8. The maximum Gasteiger partial charge on any atom is 0.227 e. The lowest BCUT2D eigenvalue weighted by molar-refractivity contribution is -0.118. The molecule has 1 heterocycles. The van der Waals surface area contributed by atoms with Crippen LogP contribution in [0.2, 0.25) is 5.02 Å². The maximum absolute atomic E-state index is 12.9. The van der Waals surface area contributed by atoms with E-state index in [0.29, 0.717) is 12.8 Å². The summed E-state index contributed by atoms with van der Waals surface area (Å²) >= 11 is 6.20. The Morgan fingerprint density at radius 1 is 1.25 bits per heavy atom. The number of carbonyl (C=O) groups excluding carboxylic acids is 1. The van der Waals surface area contributed by atoms with Gasteiger partial charge < -0.3 is 9.64 Å². The Morgan fingerprint density at radius 3 is 2.79 bits per heavy atom. The average Bonchev–Trinajstić information content (AvgIpc) is 2.61. The second-order valence-corrected chi connectivity index (χ2v) is 6.56. The Hall–Kier alpha value is -2.00. The minimum Gasteiger partial charge on any atom is -0.495 e. The molecule has 0 spiro atoms. The summed E-state index contributed by atoms with van der Waals surface area (Å²) in [4.78, 5) is 14.7. The van der Waals surface area contributed by atoms with Gasteiger partial charge in [-0.25, -0.2) is 0 Å². The van der Waals surface area contributed by atoms with Gasteiger partial charge in [0.25, 0.3) is 0 Å². The number of halogens is 1. The molecule has 0 unspecified atom stereocenters. The number of hydrogen-bond donors (Lipinski definition) is 0. The molecule has 1 amide bonds. The number of benzene rings is 2. The second kappa shape index (κ2) is 7.27. The number of nitrogens with zero attached hydrogens (tertiary/aromatic N) is 1. The third kappa shape index (κ3) is 3.27. The number of ether oxygens (including phenoxy) is 1. The summed E-state index contributed by atoms with van der Waals surface area (Å²) in [6.45, 7) is 2.84. The summed E-state index contributed by atoms with van der Waals surface area (Å²) in [7, 11) is 1.66. The maximum atomic E-state index is 12.9. The van der Waals surface area contributed by atoms with Crippen LogP contribution in [0, 0.1) is 6.92 Å². The topological polar surface area (TPSA) is 29.5 Å². The van der Waals surface area contributed by atoms with Gasteiger partial charge in [0.2, 0.25) is 5.91 Å². The molecule has 0 N–H and O–H groups in total. The van der Waals surface area contributed by atoms with E-state index in [1.54, 1.807) is 7.11 Å². The molecular formula is C20H22ClNO2. The smallest absolute Gasteiger partial charge is 0.227 e. The van der Waals surface area contributed by atoms with Crippen molar-refractivity contribution in [3.63, 3.8) is 0 Å². The summed E-state index contributed by atoms with van der Waals surface area (Å²) in [6, 6.07) is 11.7. The highest BCUT2D eigenvalue weighted by atomic mass is 35.5. The van der Waals surface area contributed by atoms with Gasteiger partial charge in [-0.3, -0.25) is 4.79 Å². The third-order valence-corrected chi connectivity index (χ3v) is 5.01. The normalized spacial score (nSPS) is 13.5. The second-order valence-electron chi connectivity index (χ2n) is 6.15. The molecule has 0 atom stereocenters. The molecule has 24 heavy (non-hydrogen) atoms. The van der Waals surface area contributed by atoms with E-state index in [2.05, 4.69) is 13.0 Å². The van der Waals surface area contributed by atoms with Gasteiger partial charge in [-0.15, -0.1) is 0 Å². The van der Waals surface area contributed by atoms with Gasteiger partial charge >= 0.3 is 0 Å². The first-order valence-electron chi connectivity index (χ1n) is 8.32. The highest BCUT2D eigenvalue weighted by molar-refractivity contribution is 6.31. The van der Waals surface area contributed by atoms with E-state index in [0.717, 1.165) is 41.4 Å². The third-order valence-electron chi connectivity index (χ3n) is 4.65. The average molecular weight is 344 g/mol. The van der Waals surface area contributed by atoms with Crippen LogP contribution in [0.4, 0.5) is 5.69 Å². The van der Waals surface area contributed by atoms with Gasteiger partial charge in [0.1, 0.15) is 5.75 Å². The van der Waals surface area contributed by atoms with E-state index in [9.17, 15) is 4.79 Å². The van der Waals surface area contributed by atoms with Crippen LogP contribution < -0.4 is 9.64 Å². The molecule has 2 aromatic rings. The van der Waals surface area contributed by atoms with Crippen LogP contribution in [-0.4, -0.2) is 19.6 Å². The van der Waals surface area contributed by atoms with Gasteiger partial charge in [-0.05, 0) is 55.0 Å². The molecule has 2 aromatic carbocycles. The molecule has 1 aliphatic heterocycles. The van der Waals surface area contributed by atoms with Crippen LogP contribution in [0.25, 0.3) is 0 Å². The molecule has 0 aromatic heterocycles. The first-order chi connectivity index (χ1) is 11.6. The molecule has 4 heteroatoms. The predicted molar refractivity (Wildman–Crippen MR) is 98.2 cm³/mol. The van der Waals surface area contributed by atoms with Gasteiger partial charge in [0.05, 0.1) is 12.8 Å².